The lowest BCUT2D eigenvalue weighted by atomic mass is 9.90. The number of esters is 1. The highest BCUT2D eigenvalue weighted by molar-refractivity contribution is 5.82. The molecule has 0 aromatic heterocycles. The molecular weight excluding hydrogens is 456 g/mol. The van der Waals surface area contributed by atoms with E-state index in [0.717, 1.165) is 44.1 Å². The molecule has 0 saturated carbocycles. The Hall–Kier alpha value is -1.99. The van der Waals surface area contributed by atoms with Crippen molar-refractivity contribution in [2.24, 2.45) is 11.8 Å². The second-order valence-electron chi connectivity index (χ2n) is 10.9. The van der Waals surface area contributed by atoms with Gasteiger partial charge in [0.2, 0.25) is 0 Å². The van der Waals surface area contributed by atoms with Crippen LogP contribution >= 0.6 is 0 Å². The van der Waals surface area contributed by atoms with Gasteiger partial charge in [0.05, 0.1) is 24.4 Å². The number of epoxide rings is 1. The van der Waals surface area contributed by atoms with Crippen molar-refractivity contribution in [1.82, 2.24) is 0 Å². The number of carbonyl (C=O) groups is 1. The average molecular weight is 499 g/mol. The monoisotopic (exact) mass is 498 g/mol. The van der Waals surface area contributed by atoms with Gasteiger partial charge < -0.3 is 24.4 Å². The molecule has 2 unspecified atom stereocenters. The van der Waals surface area contributed by atoms with E-state index in [1.807, 2.05) is 12.2 Å². The highest BCUT2D eigenvalue weighted by Gasteiger charge is 2.46. The summed E-state index contributed by atoms with van der Waals surface area (Å²) in [7, 11) is 0. The minimum absolute atomic E-state index is 0.0719. The van der Waals surface area contributed by atoms with Crippen molar-refractivity contribution >= 4 is 5.97 Å². The first-order valence-corrected chi connectivity index (χ1v) is 13.6. The number of carbonyl (C=O) groups excluding carboxylic acids is 1. The molecule has 1 aliphatic carbocycles. The normalized spacial score (nSPS) is 39.2. The fourth-order valence-electron chi connectivity index (χ4n) is 5.57. The van der Waals surface area contributed by atoms with E-state index in [9.17, 15) is 15.0 Å². The largest absolute Gasteiger partial charge is 0.456 e. The van der Waals surface area contributed by atoms with Crippen molar-refractivity contribution in [2.75, 3.05) is 0 Å². The summed E-state index contributed by atoms with van der Waals surface area (Å²) in [6, 6.07) is 0. The van der Waals surface area contributed by atoms with Gasteiger partial charge in [-0.15, -0.1) is 0 Å². The summed E-state index contributed by atoms with van der Waals surface area (Å²) in [5, 5.41) is 21.6. The predicted molar refractivity (Wildman–Crippen MR) is 139 cm³/mol. The maximum Gasteiger partial charge on any atom is 0.330 e. The van der Waals surface area contributed by atoms with Crippen LogP contribution in [0.1, 0.15) is 64.7 Å². The van der Waals surface area contributed by atoms with Gasteiger partial charge in [-0.3, -0.25) is 0 Å². The number of hydrogen-bond donors (Lipinski definition) is 2. The summed E-state index contributed by atoms with van der Waals surface area (Å²) in [4.78, 5) is 12.6. The summed E-state index contributed by atoms with van der Waals surface area (Å²) in [5.41, 5.74) is 1.00. The zero-order chi connectivity index (χ0) is 25.5. The Bertz CT molecular complexity index is 873. The molecule has 0 aromatic carbocycles. The van der Waals surface area contributed by atoms with E-state index in [4.69, 9.17) is 14.2 Å². The first kappa shape index (κ1) is 27.1. The Kier molecular flexibility index (Phi) is 9.77. The van der Waals surface area contributed by atoms with Crippen molar-refractivity contribution in [3.63, 3.8) is 0 Å². The van der Waals surface area contributed by atoms with Crippen molar-refractivity contribution in [1.29, 1.82) is 0 Å². The van der Waals surface area contributed by atoms with E-state index >= 15 is 0 Å². The van der Waals surface area contributed by atoms with Crippen LogP contribution in [-0.2, 0) is 19.0 Å². The molecule has 2 bridgehead atoms. The zero-order valence-electron chi connectivity index (χ0n) is 21.4. The molecule has 9 atom stereocenters. The molecule has 0 spiro atoms. The van der Waals surface area contributed by atoms with Gasteiger partial charge >= 0.3 is 5.97 Å². The van der Waals surface area contributed by atoms with Gasteiger partial charge in [-0.25, -0.2) is 4.79 Å². The molecule has 4 rings (SSSR count). The maximum atomic E-state index is 12.6. The molecule has 3 heterocycles. The zero-order valence-corrected chi connectivity index (χ0v) is 21.4. The summed E-state index contributed by atoms with van der Waals surface area (Å²) >= 11 is 0. The minimum atomic E-state index is -0.952. The molecule has 36 heavy (non-hydrogen) atoms. The average Bonchev–Trinajstić information content (AvgIpc) is 3.62. The molecule has 0 radical (unpaired) electrons. The van der Waals surface area contributed by atoms with Crippen LogP contribution < -0.4 is 0 Å². The highest BCUT2D eigenvalue weighted by Crippen LogP contribution is 2.35. The van der Waals surface area contributed by atoms with E-state index in [-0.39, 0.29) is 30.3 Å². The molecule has 4 aliphatic rings. The van der Waals surface area contributed by atoms with Crippen LogP contribution in [0.15, 0.2) is 60.8 Å². The first-order valence-electron chi connectivity index (χ1n) is 13.6. The molecule has 1 fully saturated rings. The van der Waals surface area contributed by atoms with E-state index < -0.39 is 24.3 Å². The van der Waals surface area contributed by atoms with Gasteiger partial charge in [-0.1, -0.05) is 61.6 Å². The van der Waals surface area contributed by atoms with Crippen LogP contribution in [0.2, 0.25) is 0 Å². The van der Waals surface area contributed by atoms with Gasteiger partial charge in [0, 0.05) is 12.5 Å². The SMILES string of the molecule is C=C1C[C@H](C)C[C@@H]2CC=C[C@@H](CC=CC(=O)OC([C@@H](O)C=CC3C=CCCC3)C[C@@H]3O[C@H]3[C@@H](O)C1)O2. The fraction of sp³-hybridized carbons (Fsp3) is 0.633. The Morgan fingerprint density at radius 3 is 2.78 bits per heavy atom. The standard InChI is InChI=1S/C30H42O6/c1-20-16-21(2)18-26(32)30-28(36-30)19-27(25(31)15-14-22-8-4-3-5-9-22)35-29(33)13-7-11-23-10-6-12-24(17-20)34-23/h4,6-8,10,13-15,20,22-28,30-32H,2-3,5,9,11-12,16-19H2,1H3/t20-,22?,23-,24-,25-,26-,27?,28-,30-/m0/s1. The maximum absolute atomic E-state index is 12.6. The number of aliphatic hydroxyl groups excluding tert-OH is 2. The van der Waals surface area contributed by atoms with E-state index in [2.05, 4.69) is 31.7 Å². The minimum Gasteiger partial charge on any atom is -0.456 e. The number of ether oxygens (including phenoxy) is 3. The van der Waals surface area contributed by atoms with Crippen LogP contribution in [0, 0.1) is 11.8 Å². The van der Waals surface area contributed by atoms with Crippen molar-refractivity contribution in [3.8, 4) is 0 Å². The summed E-state index contributed by atoms with van der Waals surface area (Å²) in [5.74, 6) is 0.186. The molecular formula is C30H42O6. The van der Waals surface area contributed by atoms with Crippen LogP contribution in [0.5, 0.6) is 0 Å². The number of hydrogen-bond acceptors (Lipinski definition) is 6. The third kappa shape index (κ3) is 8.27. The van der Waals surface area contributed by atoms with Gasteiger partial charge in [-0.2, -0.15) is 0 Å². The Morgan fingerprint density at radius 1 is 1.11 bits per heavy atom. The molecule has 2 N–H and O–H groups in total. The predicted octanol–water partition coefficient (Wildman–Crippen LogP) is 4.73. The van der Waals surface area contributed by atoms with Crippen LogP contribution in [0.3, 0.4) is 0 Å². The first-order chi connectivity index (χ1) is 17.4. The Labute approximate surface area is 215 Å². The molecule has 6 heteroatoms. The Morgan fingerprint density at radius 2 is 1.97 bits per heavy atom. The summed E-state index contributed by atoms with van der Waals surface area (Å²) in [6.07, 6.45) is 19.8. The lowest BCUT2D eigenvalue weighted by molar-refractivity contribution is -0.148. The van der Waals surface area contributed by atoms with Crippen LogP contribution in [-0.4, -0.2) is 58.9 Å². The van der Waals surface area contributed by atoms with E-state index in [0.29, 0.717) is 25.2 Å². The number of fused-ring (bicyclic) bond motifs is 3. The van der Waals surface area contributed by atoms with Gasteiger partial charge in [-0.05, 0) is 63.2 Å². The second kappa shape index (κ2) is 13.0. The highest BCUT2D eigenvalue weighted by atomic mass is 16.6. The fourth-order valence-corrected chi connectivity index (χ4v) is 5.57. The second-order valence-corrected chi connectivity index (χ2v) is 10.9. The molecule has 3 aliphatic heterocycles. The quantitative estimate of drug-likeness (QED) is 0.332. The lowest BCUT2D eigenvalue weighted by Crippen LogP contribution is -2.32. The lowest BCUT2D eigenvalue weighted by Gasteiger charge is -2.28. The van der Waals surface area contributed by atoms with Crippen LogP contribution in [0.4, 0.5) is 0 Å². The van der Waals surface area contributed by atoms with Crippen molar-refractivity contribution < 1.29 is 29.2 Å². The topological polar surface area (TPSA) is 88.5 Å². The Balaban J connectivity index is 1.45. The number of rotatable bonds is 3. The smallest absolute Gasteiger partial charge is 0.330 e. The van der Waals surface area contributed by atoms with E-state index in [1.165, 1.54) is 6.08 Å². The molecule has 6 nitrogen and oxygen atoms in total. The van der Waals surface area contributed by atoms with Gasteiger partial charge in [0.25, 0.3) is 0 Å². The molecule has 0 aromatic rings. The summed E-state index contributed by atoms with van der Waals surface area (Å²) in [6.45, 7) is 6.39. The van der Waals surface area contributed by atoms with Crippen molar-refractivity contribution in [2.45, 2.75) is 107 Å². The summed E-state index contributed by atoms with van der Waals surface area (Å²) < 4.78 is 17.7. The number of aliphatic hydroxyl groups is 2. The number of allylic oxidation sites excluding steroid dienone is 3. The molecule has 198 valence electrons. The number of cyclic esters (lactones) is 1. The molecule has 0 amide bonds. The third-order valence-electron chi connectivity index (χ3n) is 7.50. The van der Waals surface area contributed by atoms with Gasteiger partial charge in [0.15, 0.2) is 0 Å². The van der Waals surface area contributed by atoms with Crippen LogP contribution in [0.25, 0.3) is 0 Å². The third-order valence-corrected chi connectivity index (χ3v) is 7.50. The van der Waals surface area contributed by atoms with Gasteiger partial charge in [0.1, 0.15) is 18.3 Å². The van der Waals surface area contributed by atoms with E-state index in [1.54, 1.807) is 12.2 Å². The molecule has 1 saturated heterocycles. The van der Waals surface area contributed by atoms with Crippen molar-refractivity contribution in [3.05, 3.63) is 60.8 Å².